The Balaban J connectivity index is 1.35. The van der Waals surface area contributed by atoms with Crippen molar-refractivity contribution in [2.75, 3.05) is 5.32 Å². The molecule has 6 atom stereocenters. The highest BCUT2D eigenvalue weighted by Crippen LogP contribution is 2.57. The number of carbonyl (C=O) groups is 2. The molecule has 0 aromatic carbocycles. The van der Waals surface area contributed by atoms with Gasteiger partial charge >= 0.3 is 0 Å². The van der Waals surface area contributed by atoms with Crippen LogP contribution in [0.1, 0.15) is 73.4 Å². The third-order valence-corrected chi connectivity index (χ3v) is 9.29. The van der Waals surface area contributed by atoms with E-state index in [1.807, 2.05) is 26.2 Å². The van der Waals surface area contributed by atoms with Crippen molar-refractivity contribution < 1.29 is 14.7 Å². The van der Waals surface area contributed by atoms with Crippen molar-refractivity contribution in [2.24, 2.45) is 30.2 Å². The number of carbonyl (C=O) groups excluding carboxylic acids is 2. The van der Waals surface area contributed by atoms with Gasteiger partial charge in [-0.3, -0.25) is 14.9 Å². The number of nitrogens with zero attached hydrogens (tertiary/aromatic N) is 2. The summed E-state index contributed by atoms with van der Waals surface area (Å²) in [5, 5.41) is 18.2. The number of thiazole rings is 1. The Morgan fingerprint density at radius 2 is 2.09 bits per heavy atom. The first-order valence-corrected chi connectivity index (χ1v) is 12.9. The van der Waals surface area contributed by atoms with Crippen LogP contribution >= 0.6 is 11.3 Å². The molecule has 0 radical (unpaired) electrons. The van der Waals surface area contributed by atoms with Crippen LogP contribution in [0.4, 0.5) is 5.13 Å². The Kier molecular flexibility index (Phi) is 5.64. The number of aliphatic hydroxyl groups is 1. The lowest BCUT2D eigenvalue weighted by atomic mass is 9.53. The number of amides is 2. The Hall–Kier alpha value is -2.19. The number of rotatable bonds is 5. The van der Waals surface area contributed by atoms with Crippen LogP contribution in [-0.4, -0.2) is 38.6 Å². The second-order valence-corrected chi connectivity index (χ2v) is 11.8. The van der Waals surface area contributed by atoms with Crippen LogP contribution in [0.25, 0.3) is 0 Å². The van der Waals surface area contributed by atoms with Crippen molar-refractivity contribution in [3.8, 4) is 0 Å². The standard InChI is InChI=1S/C25H34N4O3S/c1-13(22(31)26-15-7-8-15)16-9-10-25(3)12-18-20(14(2)19(25)21(16)30)27-24(33-18)28-23(32)17-6-5-11-29(17)4/h5-6,11,13-16,19,21,30H,7-10,12H2,1-4H3,(H,26,31)(H,27,28,32). The topological polar surface area (TPSA) is 96.3 Å². The van der Waals surface area contributed by atoms with Crippen molar-refractivity contribution in [3.63, 3.8) is 0 Å². The molecule has 5 rings (SSSR count). The molecule has 7 nitrogen and oxygen atoms in total. The molecule has 3 aliphatic rings. The summed E-state index contributed by atoms with van der Waals surface area (Å²) in [6.45, 7) is 6.38. The average molecular weight is 471 g/mol. The van der Waals surface area contributed by atoms with E-state index in [1.54, 1.807) is 22.0 Å². The monoisotopic (exact) mass is 470 g/mol. The van der Waals surface area contributed by atoms with E-state index in [0.717, 1.165) is 37.8 Å². The maximum atomic E-state index is 12.7. The van der Waals surface area contributed by atoms with Crippen LogP contribution < -0.4 is 10.6 Å². The lowest BCUT2D eigenvalue weighted by Crippen LogP contribution is -2.53. The van der Waals surface area contributed by atoms with Gasteiger partial charge in [-0.05, 0) is 61.5 Å². The quantitative estimate of drug-likeness (QED) is 0.621. The molecule has 0 saturated heterocycles. The number of hydrogen-bond acceptors (Lipinski definition) is 5. The summed E-state index contributed by atoms with van der Waals surface area (Å²) in [5.74, 6) is -0.227. The Bertz CT molecular complexity index is 1070. The third-order valence-electron chi connectivity index (χ3n) is 8.30. The number of aryl methyl sites for hydroxylation is 1. The fraction of sp³-hybridized carbons (Fsp3) is 0.640. The van der Waals surface area contributed by atoms with Crippen LogP contribution in [-0.2, 0) is 18.3 Å². The van der Waals surface area contributed by atoms with Crippen LogP contribution in [0, 0.1) is 23.2 Å². The van der Waals surface area contributed by atoms with Crippen molar-refractivity contribution >= 4 is 28.3 Å². The van der Waals surface area contributed by atoms with Crippen molar-refractivity contribution in [1.29, 1.82) is 0 Å². The normalized spacial score (nSPS) is 31.9. The largest absolute Gasteiger partial charge is 0.392 e. The van der Waals surface area contributed by atoms with E-state index < -0.39 is 6.10 Å². The molecular formula is C25H34N4O3S. The van der Waals surface area contributed by atoms with E-state index >= 15 is 0 Å². The minimum absolute atomic E-state index is 0.0402. The summed E-state index contributed by atoms with van der Waals surface area (Å²) in [6, 6.07) is 3.97. The first kappa shape index (κ1) is 22.6. The van der Waals surface area contributed by atoms with Crippen molar-refractivity contribution in [1.82, 2.24) is 14.9 Å². The van der Waals surface area contributed by atoms with Gasteiger partial charge in [-0.2, -0.15) is 0 Å². The van der Waals surface area contributed by atoms with Gasteiger partial charge in [-0.15, -0.1) is 11.3 Å². The van der Waals surface area contributed by atoms with Gasteiger partial charge < -0.3 is 15.0 Å². The number of fused-ring (bicyclic) bond motifs is 2. The fourth-order valence-corrected chi connectivity index (χ4v) is 7.47. The molecule has 2 aromatic heterocycles. The van der Waals surface area contributed by atoms with Crippen LogP contribution in [0.3, 0.4) is 0 Å². The molecule has 2 amide bonds. The molecule has 0 spiro atoms. The van der Waals surface area contributed by atoms with Crippen molar-refractivity contribution in [2.45, 2.75) is 70.9 Å². The van der Waals surface area contributed by atoms with E-state index in [2.05, 4.69) is 24.5 Å². The first-order valence-electron chi connectivity index (χ1n) is 12.1. The highest BCUT2D eigenvalue weighted by atomic mass is 32.1. The summed E-state index contributed by atoms with van der Waals surface area (Å²) < 4.78 is 1.79. The minimum atomic E-state index is -0.546. The number of aliphatic hydroxyl groups excluding tert-OH is 1. The van der Waals surface area contributed by atoms with Crippen molar-refractivity contribution in [3.05, 3.63) is 34.6 Å². The van der Waals surface area contributed by atoms with E-state index in [1.165, 1.54) is 4.88 Å². The van der Waals surface area contributed by atoms with Gasteiger partial charge in [0.2, 0.25) is 5.91 Å². The van der Waals surface area contributed by atoms with Crippen LogP contribution in [0.5, 0.6) is 0 Å². The summed E-state index contributed by atoms with van der Waals surface area (Å²) in [7, 11) is 1.85. The van der Waals surface area contributed by atoms with Crippen LogP contribution in [0.15, 0.2) is 18.3 Å². The molecule has 8 heteroatoms. The SMILES string of the molecule is CC(C(=O)NC1CC1)C1CCC2(C)Cc3sc(NC(=O)c4cccn4C)nc3C(C)C2C1O. The van der Waals surface area contributed by atoms with E-state index in [9.17, 15) is 14.7 Å². The maximum absolute atomic E-state index is 12.7. The predicted octanol–water partition coefficient (Wildman–Crippen LogP) is 3.70. The Morgan fingerprint density at radius 1 is 1.33 bits per heavy atom. The summed E-state index contributed by atoms with van der Waals surface area (Å²) in [4.78, 5) is 31.4. The van der Waals surface area contributed by atoms with E-state index in [4.69, 9.17) is 4.98 Å². The lowest BCUT2D eigenvalue weighted by molar-refractivity contribution is -0.134. The summed E-state index contributed by atoms with van der Waals surface area (Å²) in [5.41, 5.74) is 1.54. The highest BCUT2D eigenvalue weighted by molar-refractivity contribution is 7.15. The zero-order valence-corrected chi connectivity index (χ0v) is 20.6. The second kappa shape index (κ2) is 8.24. The first-order chi connectivity index (χ1) is 15.7. The Labute approximate surface area is 199 Å². The van der Waals surface area contributed by atoms with E-state index in [0.29, 0.717) is 16.9 Å². The molecular weight excluding hydrogens is 436 g/mol. The molecule has 3 N–H and O–H groups in total. The van der Waals surface area contributed by atoms with E-state index in [-0.39, 0.29) is 40.9 Å². The van der Waals surface area contributed by atoms with Crippen LogP contribution in [0.2, 0.25) is 0 Å². The molecule has 6 unspecified atom stereocenters. The molecule has 2 heterocycles. The molecule has 178 valence electrons. The zero-order chi connectivity index (χ0) is 23.5. The van der Waals surface area contributed by atoms with Gasteiger partial charge in [-0.1, -0.05) is 20.8 Å². The lowest BCUT2D eigenvalue weighted by Gasteiger charge is -2.53. The fourth-order valence-electron chi connectivity index (χ4n) is 6.21. The number of aromatic nitrogens is 2. The summed E-state index contributed by atoms with van der Waals surface area (Å²) >= 11 is 1.55. The molecule has 3 aliphatic carbocycles. The smallest absolute Gasteiger partial charge is 0.274 e. The predicted molar refractivity (Wildman–Crippen MR) is 128 cm³/mol. The molecule has 2 fully saturated rings. The number of anilines is 1. The maximum Gasteiger partial charge on any atom is 0.274 e. The molecule has 2 aromatic rings. The highest BCUT2D eigenvalue weighted by Gasteiger charge is 2.54. The molecule has 0 bridgehead atoms. The molecule has 33 heavy (non-hydrogen) atoms. The molecule has 0 aliphatic heterocycles. The third kappa shape index (κ3) is 4.01. The van der Waals surface area contributed by atoms with Gasteiger partial charge in [0.25, 0.3) is 5.91 Å². The average Bonchev–Trinajstić information content (AvgIpc) is 3.31. The van der Waals surface area contributed by atoms with Gasteiger partial charge in [0.05, 0.1) is 11.8 Å². The summed E-state index contributed by atoms with van der Waals surface area (Å²) in [6.07, 6.45) is 6.12. The van der Waals surface area contributed by atoms with Gasteiger partial charge in [0.15, 0.2) is 5.13 Å². The number of hydrogen-bond donors (Lipinski definition) is 3. The van der Waals surface area contributed by atoms with Gasteiger partial charge in [0, 0.05) is 36.0 Å². The minimum Gasteiger partial charge on any atom is -0.392 e. The number of nitrogens with one attached hydrogen (secondary N) is 2. The zero-order valence-electron chi connectivity index (χ0n) is 19.8. The van der Waals surface area contributed by atoms with Gasteiger partial charge in [-0.25, -0.2) is 4.98 Å². The Morgan fingerprint density at radius 3 is 2.76 bits per heavy atom. The van der Waals surface area contributed by atoms with Gasteiger partial charge in [0.1, 0.15) is 5.69 Å². The second-order valence-electron chi connectivity index (χ2n) is 10.7. The molecule has 2 saturated carbocycles.